The predicted octanol–water partition coefficient (Wildman–Crippen LogP) is 5.52. The van der Waals surface area contributed by atoms with Crippen LogP contribution >= 0.6 is 0 Å². The van der Waals surface area contributed by atoms with Crippen LogP contribution in [-0.4, -0.2) is 4.98 Å². The molecule has 1 heterocycles. The first-order chi connectivity index (χ1) is 10.7. The summed E-state index contributed by atoms with van der Waals surface area (Å²) in [6.07, 6.45) is 9.31. The van der Waals surface area contributed by atoms with E-state index >= 15 is 0 Å². The van der Waals surface area contributed by atoms with Gasteiger partial charge in [0.25, 0.3) is 0 Å². The number of hydrogen-bond donors (Lipinski definition) is 0. The summed E-state index contributed by atoms with van der Waals surface area (Å²) in [4.78, 5) is 4.54. The lowest BCUT2D eigenvalue weighted by Gasteiger charge is -2.06. The van der Waals surface area contributed by atoms with Crippen LogP contribution in [0.3, 0.4) is 0 Å². The Morgan fingerprint density at radius 1 is 0.864 bits per heavy atom. The van der Waals surface area contributed by atoms with Crippen molar-refractivity contribution < 1.29 is 0 Å². The lowest BCUT2D eigenvalue weighted by molar-refractivity contribution is 1.15. The molecule has 1 rings (SSSR count). The van der Waals surface area contributed by atoms with Gasteiger partial charge in [0, 0.05) is 10.8 Å². The second-order valence-corrected chi connectivity index (χ2v) is 3.43. The molecule has 0 aliphatic rings. The summed E-state index contributed by atoms with van der Waals surface area (Å²) >= 11 is 0. The highest BCUT2D eigenvalue weighted by Gasteiger charge is 2.03. The highest BCUT2D eigenvalue weighted by molar-refractivity contribution is 5.64. The third-order valence-corrected chi connectivity index (χ3v) is 2.56. The predicted molar refractivity (Wildman–Crippen MR) is 107 cm³/mol. The normalized spacial score (nSPS) is 10.0. The SMILES string of the molecule is C=C/C=c1/c(C)c(C=C)c(C=C)n/c1=C/C.CC.CC.CC. The Kier molecular flexibility index (Phi) is 19.6. The fourth-order valence-corrected chi connectivity index (χ4v) is 1.74. The summed E-state index contributed by atoms with van der Waals surface area (Å²) in [5.74, 6) is 0. The van der Waals surface area contributed by atoms with Crippen molar-refractivity contribution in [2.24, 2.45) is 0 Å². The number of hydrogen-bond acceptors (Lipinski definition) is 1. The van der Waals surface area contributed by atoms with E-state index in [2.05, 4.69) is 31.6 Å². The van der Waals surface area contributed by atoms with E-state index in [-0.39, 0.29) is 0 Å². The van der Waals surface area contributed by atoms with E-state index in [0.29, 0.717) is 0 Å². The Balaban J connectivity index is -0.000000535. The molecule has 0 radical (unpaired) electrons. The van der Waals surface area contributed by atoms with Crippen LogP contribution in [0.2, 0.25) is 0 Å². The van der Waals surface area contributed by atoms with Crippen LogP contribution in [0.15, 0.2) is 25.8 Å². The molecule has 0 saturated carbocycles. The molecule has 22 heavy (non-hydrogen) atoms. The molecular formula is C21H35N. The molecule has 1 aromatic heterocycles. The maximum absolute atomic E-state index is 4.54. The maximum Gasteiger partial charge on any atom is 0.0706 e. The van der Waals surface area contributed by atoms with Crippen molar-refractivity contribution >= 4 is 24.3 Å². The van der Waals surface area contributed by atoms with Gasteiger partial charge in [-0.1, -0.05) is 85.6 Å². The third-order valence-electron chi connectivity index (χ3n) is 2.56. The highest BCUT2D eigenvalue weighted by atomic mass is 14.7. The Bertz CT molecular complexity index is 548. The first-order valence-electron chi connectivity index (χ1n) is 8.24. The smallest absolute Gasteiger partial charge is 0.0706 e. The van der Waals surface area contributed by atoms with Crippen molar-refractivity contribution in [3.8, 4) is 0 Å². The van der Waals surface area contributed by atoms with Gasteiger partial charge in [-0.25, -0.2) is 4.98 Å². The summed E-state index contributed by atoms with van der Waals surface area (Å²) in [6, 6.07) is 0. The monoisotopic (exact) mass is 301 g/mol. The average Bonchev–Trinajstić information content (AvgIpc) is 2.61. The van der Waals surface area contributed by atoms with E-state index in [1.807, 2.05) is 66.7 Å². The molecule has 124 valence electrons. The number of pyridine rings is 1. The second-order valence-electron chi connectivity index (χ2n) is 3.43. The fourth-order valence-electron chi connectivity index (χ4n) is 1.74. The minimum Gasteiger partial charge on any atom is -0.248 e. The third kappa shape index (κ3) is 7.21. The molecule has 0 amide bonds. The molecule has 0 aromatic carbocycles. The molecule has 0 saturated heterocycles. The zero-order chi connectivity index (χ0) is 18.1. The zero-order valence-corrected chi connectivity index (χ0v) is 16.0. The minimum absolute atomic E-state index is 0.877. The van der Waals surface area contributed by atoms with E-state index < -0.39 is 0 Å². The van der Waals surface area contributed by atoms with Gasteiger partial charge in [0.1, 0.15) is 0 Å². The molecule has 0 fully saturated rings. The molecule has 0 unspecified atom stereocenters. The quantitative estimate of drug-likeness (QED) is 0.716. The fraction of sp³-hybridized carbons (Fsp3) is 0.381. The van der Waals surface area contributed by atoms with Gasteiger partial charge in [0.05, 0.1) is 11.0 Å². The van der Waals surface area contributed by atoms with Gasteiger partial charge in [-0.3, -0.25) is 0 Å². The summed E-state index contributed by atoms with van der Waals surface area (Å²) in [6.45, 7) is 27.4. The largest absolute Gasteiger partial charge is 0.248 e. The zero-order valence-electron chi connectivity index (χ0n) is 16.0. The molecule has 0 aliphatic carbocycles. The van der Waals surface area contributed by atoms with E-state index in [1.54, 1.807) is 12.2 Å². The van der Waals surface area contributed by atoms with Crippen LogP contribution < -0.4 is 10.6 Å². The molecular weight excluding hydrogens is 266 g/mol. The number of rotatable bonds is 3. The Labute approximate surface area is 138 Å². The van der Waals surface area contributed by atoms with E-state index in [4.69, 9.17) is 0 Å². The van der Waals surface area contributed by atoms with Gasteiger partial charge in [-0.2, -0.15) is 0 Å². The Hall–Kier alpha value is -1.89. The molecule has 0 aliphatic heterocycles. The second kappa shape index (κ2) is 17.2. The van der Waals surface area contributed by atoms with Crippen LogP contribution in [0.1, 0.15) is 65.3 Å². The molecule has 0 spiro atoms. The maximum atomic E-state index is 4.54. The van der Waals surface area contributed by atoms with Gasteiger partial charge in [0.15, 0.2) is 0 Å². The number of nitrogens with zero attached hydrogens (tertiary/aromatic N) is 1. The van der Waals surface area contributed by atoms with Crippen LogP contribution in [-0.2, 0) is 0 Å². The minimum atomic E-state index is 0.877. The lowest BCUT2D eigenvalue weighted by Crippen LogP contribution is -2.32. The summed E-state index contributed by atoms with van der Waals surface area (Å²) < 4.78 is 0. The van der Waals surface area contributed by atoms with E-state index in [1.165, 1.54) is 0 Å². The first-order valence-corrected chi connectivity index (χ1v) is 8.24. The van der Waals surface area contributed by atoms with Gasteiger partial charge < -0.3 is 0 Å². The molecule has 1 aromatic rings. The van der Waals surface area contributed by atoms with Gasteiger partial charge >= 0.3 is 0 Å². The average molecular weight is 302 g/mol. The highest BCUT2D eigenvalue weighted by Crippen LogP contribution is 2.09. The van der Waals surface area contributed by atoms with Crippen molar-refractivity contribution in [2.45, 2.75) is 55.4 Å². The van der Waals surface area contributed by atoms with E-state index in [0.717, 1.165) is 27.4 Å². The van der Waals surface area contributed by atoms with Crippen LogP contribution in [0, 0.1) is 6.92 Å². The molecule has 0 N–H and O–H groups in total. The van der Waals surface area contributed by atoms with Crippen molar-refractivity contribution in [3.63, 3.8) is 0 Å². The van der Waals surface area contributed by atoms with Crippen LogP contribution in [0.5, 0.6) is 0 Å². The molecule has 0 bridgehead atoms. The Morgan fingerprint density at radius 3 is 1.68 bits per heavy atom. The summed E-state index contributed by atoms with van der Waals surface area (Å²) in [5.41, 5.74) is 3.07. The Morgan fingerprint density at radius 2 is 1.36 bits per heavy atom. The van der Waals surface area contributed by atoms with Gasteiger partial charge in [-0.05, 0) is 25.5 Å². The van der Waals surface area contributed by atoms with Gasteiger partial charge in [0.2, 0.25) is 0 Å². The molecule has 1 heteroatoms. The molecule has 1 nitrogen and oxygen atoms in total. The van der Waals surface area contributed by atoms with Crippen LogP contribution in [0.25, 0.3) is 24.3 Å². The number of allylic oxidation sites excluding steroid dienone is 1. The number of aromatic nitrogens is 1. The summed E-state index contributed by atoms with van der Waals surface area (Å²) in [7, 11) is 0. The lowest BCUT2D eigenvalue weighted by atomic mass is 10.0. The van der Waals surface area contributed by atoms with Crippen LogP contribution in [0.4, 0.5) is 0 Å². The topological polar surface area (TPSA) is 12.9 Å². The summed E-state index contributed by atoms with van der Waals surface area (Å²) in [5, 5.41) is 2.05. The first kappa shape index (κ1) is 25.1. The van der Waals surface area contributed by atoms with Gasteiger partial charge in [-0.15, -0.1) is 0 Å². The standard InChI is InChI=1S/C15H17N.3C2H6/c1-6-10-13-11(5)12(7-2)14(8-3)16-15(13)9-4;3*1-2/h6-10H,1-3H2,4-5H3;3*1-2H3/b13-10-,15-9+;;;. The van der Waals surface area contributed by atoms with E-state index in [9.17, 15) is 0 Å². The van der Waals surface area contributed by atoms with Crippen molar-refractivity contribution in [3.05, 3.63) is 53.2 Å². The van der Waals surface area contributed by atoms with Crippen molar-refractivity contribution in [1.29, 1.82) is 0 Å². The van der Waals surface area contributed by atoms with Crippen molar-refractivity contribution in [1.82, 2.24) is 4.98 Å². The van der Waals surface area contributed by atoms with Crippen molar-refractivity contribution in [2.75, 3.05) is 0 Å². The molecule has 0 atom stereocenters.